The first-order valence-electron chi connectivity index (χ1n) is 5.29. The van der Waals surface area contributed by atoms with Gasteiger partial charge in [0.15, 0.2) is 0 Å². The smallest absolute Gasteiger partial charge is 0.233 e. The second kappa shape index (κ2) is 4.39. The molecule has 0 bridgehead atoms. The summed E-state index contributed by atoms with van der Waals surface area (Å²) in [5.41, 5.74) is 5.26. The highest BCUT2D eigenvalue weighted by atomic mass is 35.5. The van der Waals surface area contributed by atoms with E-state index in [0.717, 1.165) is 19.3 Å². The zero-order chi connectivity index (χ0) is 11.6. The number of amides is 1. The highest BCUT2D eigenvalue weighted by Gasteiger charge is 2.42. The molecular formula is C11H14ClN3O. The number of aromatic nitrogens is 1. The van der Waals surface area contributed by atoms with Crippen molar-refractivity contribution < 1.29 is 4.79 Å². The van der Waals surface area contributed by atoms with Gasteiger partial charge in [-0.25, -0.2) is 4.98 Å². The highest BCUT2D eigenvalue weighted by molar-refractivity contribution is 6.30. The lowest BCUT2D eigenvalue weighted by Gasteiger charge is -2.38. The summed E-state index contributed by atoms with van der Waals surface area (Å²) in [4.78, 5) is 16.0. The number of carbonyl (C=O) groups is 1. The minimum absolute atomic E-state index is 0.0454. The van der Waals surface area contributed by atoms with E-state index in [2.05, 4.69) is 10.3 Å². The predicted octanol–water partition coefficient (Wildman–Crippen LogP) is 1.80. The van der Waals surface area contributed by atoms with Crippen molar-refractivity contribution in [3.63, 3.8) is 0 Å². The molecule has 0 aliphatic heterocycles. The number of nitrogens with one attached hydrogen (secondary N) is 1. The topological polar surface area (TPSA) is 68.0 Å². The molecule has 0 saturated heterocycles. The molecule has 4 nitrogen and oxygen atoms in total. The number of hydrogen-bond donors (Lipinski definition) is 2. The summed E-state index contributed by atoms with van der Waals surface area (Å²) in [5, 5.41) is 3.32. The Morgan fingerprint density at radius 3 is 2.88 bits per heavy atom. The van der Waals surface area contributed by atoms with Crippen LogP contribution >= 0.6 is 11.6 Å². The van der Waals surface area contributed by atoms with Crippen LogP contribution in [0, 0.1) is 5.41 Å². The molecule has 1 saturated carbocycles. The van der Waals surface area contributed by atoms with Crippen LogP contribution in [0.25, 0.3) is 0 Å². The number of halogens is 1. The second-order valence-electron chi connectivity index (χ2n) is 4.15. The average Bonchev–Trinajstić information content (AvgIpc) is 2.16. The first-order valence-corrected chi connectivity index (χ1v) is 5.67. The zero-order valence-electron chi connectivity index (χ0n) is 8.87. The molecular weight excluding hydrogens is 226 g/mol. The van der Waals surface area contributed by atoms with Crippen molar-refractivity contribution >= 4 is 23.3 Å². The Hall–Kier alpha value is -1.13. The van der Waals surface area contributed by atoms with Gasteiger partial charge in [-0.15, -0.1) is 0 Å². The second-order valence-corrected chi connectivity index (χ2v) is 4.59. The van der Waals surface area contributed by atoms with E-state index in [1.807, 2.05) is 0 Å². The monoisotopic (exact) mass is 239 g/mol. The molecule has 1 amide bonds. The van der Waals surface area contributed by atoms with Gasteiger partial charge in [-0.2, -0.15) is 0 Å². The van der Waals surface area contributed by atoms with Gasteiger partial charge in [0.2, 0.25) is 5.91 Å². The number of carbonyl (C=O) groups excluding carboxylic acids is 1. The minimum atomic E-state index is -0.385. The molecule has 1 heterocycles. The van der Waals surface area contributed by atoms with Crippen LogP contribution in [-0.4, -0.2) is 17.4 Å². The van der Waals surface area contributed by atoms with E-state index < -0.39 is 0 Å². The number of pyridine rings is 1. The van der Waals surface area contributed by atoms with Crippen LogP contribution in [0.15, 0.2) is 18.3 Å². The Balaban J connectivity index is 2.07. The maximum Gasteiger partial charge on any atom is 0.233 e. The maximum atomic E-state index is 12.0. The predicted molar refractivity (Wildman–Crippen MR) is 63.2 cm³/mol. The molecule has 2 rings (SSSR count). The average molecular weight is 240 g/mol. The molecule has 1 aliphatic carbocycles. The molecule has 0 aromatic carbocycles. The van der Waals surface area contributed by atoms with Gasteiger partial charge in [0.1, 0.15) is 5.82 Å². The molecule has 1 aromatic rings. The summed E-state index contributed by atoms with van der Waals surface area (Å²) in [5.74, 6) is 0.438. The third-order valence-electron chi connectivity index (χ3n) is 3.15. The molecule has 5 heteroatoms. The van der Waals surface area contributed by atoms with Crippen molar-refractivity contribution in [2.75, 3.05) is 11.9 Å². The Bertz CT molecular complexity index is 398. The largest absolute Gasteiger partial charge is 0.329 e. The van der Waals surface area contributed by atoms with Crippen LogP contribution < -0.4 is 11.1 Å². The van der Waals surface area contributed by atoms with Crippen LogP contribution in [-0.2, 0) is 4.79 Å². The van der Waals surface area contributed by atoms with Crippen molar-refractivity contribution in [1.29, 1.82) is 0 Å². The summed E-state index contributed by atoms with van der Waals surface area (Å²) in [6, 6.07) is 3.29. The fourth-order valence-corrected chi connectivity index (χ4v) is 2.01. The van der Waals surface area contributed by atoms with E-state index in [1.165, 1.54) is 0 Å². The van der Waals surface area contributed by atoms with E-state index in [-0.39, 0.29) is 11.3 Å². The molecule has 0 radical (unpaired) electrons. The molecule has 16 heavy (non-hydrogen) atoms. The quantitative estimate of drug-likeness (QED) is 0.845. The van der Waals surface area contributed by atoms with Gasteiger partial charge < -0.3 is 11.1 Å². The third-order valence-corrected chi connectivity index (χ3v) is 3.38. The van der Waals surface area contributed by atoms with E-state index in [0.29, 0.717) is 17.4 Å². The number of rotatable bonds is 3. The summed E-state index contributed by atoms with van der Waals surface area (Å²) in [6.45, 7) is 0.388. The van der Waals surface area contributed by atoms with Crippen LogP contribution in [0.2, 0.25) is 5.02 Å². The van der Waals surface area contributed by atoms with Crippen molar-refractivity contribution in [2.24, 2.45) is 11.1 Å². The highest BCUT2D eigenvalue weighted by Crippen LogP contribution is 2.40. The molecule has 1 aliphatic rings. The minimum Gasteiger partial charge on any atom is -0.329 e. The van der Waals surface area contributed by atoms with Crippen LogP contribution in [0.5, 0.6) is 0 Å². The number of nitrogens with zero attached hydrogens (tertiary/aromatic N) is 1. The lowest BCUT2D eigenvalue weighted by Crippen LogP contribution is -2.47. The lowest BCUT2D eigenvalue weighted by atomic mass is 9.68. The van der Waals surface area contributed by atoms with Crippen molar-refractivity contribution in [1.82, 2.24) is 4.98 Å². The van der Waals surface area contributed by atoms with E-state index in [9.17, 15) is 4.79 Å². The fourth-order valence-electron chi connectivity index (χ4n) is 1.85. The summed E-state index contributed by atoms with van der Waals surface area (Å²) < 4.78 is 0. The first kappa shape index (κ1) is 11.4. The molecule has 0 atom stereocenters. The molecule has 1 aromatic heterocycles. The van der Waals surface area contributed by atoms with Gasteiger partial charge in [-0.05, 0) is 25.0 Å². The molecule has 0 unspecified atom stereocenters. The van der Waals surface area contributed by atoms with E-state index in [1.54, 1.807) is 18.3 Å². The Morgan fingerprint density at radius 1 is 1.62 bits per heavy atom. The molecule has 86 valence electrons. The molecule has 0 spiro atoms. The van der Waals surface area contributed by atoms with Gasteiger partial charge in [0.05, 0.1) is 5.41 Å². The molecule has 3 N–H and O–H groups in total. The number of nitrogens with two attached hydrogens (primary N) is 1. The third kappa shape index (κ3) is 2.03. The van der Waals surface area contributed by atoms with Gasteiger partial charge in [0.25, 0.3) is 0 Å². The zero-order valence-corrected chi connectivity index (χ0v) is 9.63. The summed E-state index contributed by atoms with van der Waals surface area (Å²) in [6.07, 6.45) is 4.34. The number of anilines is 1. The van der Waals surface area contributed by atoms with Crippen LogP contribution in [0.4, 0.5) is 5.82 Å². The van der Waals surface area contributed by atoms with Crippen molar-refractivity contribution in [2.45, 2.75) is 19.3 Å². The van der Waals surface area contributed by atoms with Gasteiger partial charge in [-0.3, -0.25) is 4.79 Å². The normalized spacial score (nSPS) is 17.6. The van der Waals surface area contributed by atoms with Crippen LogP contribution in [0.3, 0.4) is 0 Å². The van der Waals surface area contributed by atoms with Crippen molar-refractivity contribution in [3.05, 3.63) is 23.4 Å². The van der Waals surface area contributed by atoms with Gasteiger partial charge >= 0.3 is 0 Å². The van der Waals surface area contributed by atoms with E-state index in [4.69, 9.17) is 17.3 Å². The summed E-state index contributed by atoms with van der Waals surface area (Å²) in [7, 11) is 0. The Morgan fingerprint density at radius 2 is 2.38 bits per heavy atom. The van der Waals surface area contributed by atoms with Crippen LogP contribution in [0.1, 0.15) is 19.3 Å². The Kier molecular flexibility index (Phi) is 3.12. The van der Waals surface area contributed by atoms with Crippen molar-refractivity contribution in [3.8, 4) is 0 Å². The standard InChI is InChI=1S/C11H14ClN3O/c12-8-2-5-14-9(6-8)15-10(16)11(7-13)3-1-4-11/h2,5-6H,1,3-4,7,13H2,(H,14,15,16). The van der Waals surface area contributed by atoms with E-state index >= 15 is 0 Å². The van der Waals surface area contributed by atoms with Gasteiger partial charge in [0, 0.05) is 17.8 Å². The first-order chi connectivity index (χ1) is 7.66. The Labute approximate surface area is 99.2 Å². The van der Waals surface area contributed by atoms with Gasteiger partial charge in [-0.1, -0.05) is 18.0 Å². The fraction of sp³-hybridized carbons (Fsp3) is 0.455. The SMILES string of the molecule is NCC1(C(=O)Nc2cc(Cl)ccn2)CCC1. The lowest BCUT2D eigenvalue weighted by molar-refractivity contribution is -0.129. The molecule has 1 fully saturated rings. The maximum absolute atomic E-state index is 12.0. The number of hydrogen-bond acceptors (Lipinski definition) is 3. The summed E-state index contributed by atoms with van der Waals surface area (Å²) >= 11 is 5.81.